The topological polar surface area (TPSA) is 69.6 Å². The third-order valence-corrected chi connectivity index (χ3v) is 1.87. The van der Waals surface area contributed by atoms with E-state index in [9.17, 15) is 13.2 Å². The molecule has 0 aromatic carbocycles. The van der Waals surface area contributed by atoms with Crippen LogP contribution >= 0.6 is 0 Å². The zero-order chi connectivity index (χ0) is 11.6. The number of rotatable bonds is 3. The minimum atomic E-state index is -4.24. The lowest BCUT2D eigenvalue weighted by Gasteiger charge is -2.16. The summed E-state index contributed by atoms with van der Waals surface area (Å²) < 4.78 is 37.5. The minimum Gasteiger partial charge on any atom is -0.322 e. The highest BCUT2D eigenvalue weighted by Gasteiger charge is 2.32. The summed E-state index contributed by atoms with van der Waals surface area (Å²) in [6.07, 6.45) is -5.21. The molecule has 0 aliphatic carbocycles. The highest BCUT2D eigenvalue weighted by molar-refractivity contribution is 4.89. The van der Waals surface area contributed by atoms with Gasteiger partial charge in [0, 0.05) is 0 Å². The summed E-state index contributed by atoms with van der Waals surface area (Å²) in [5.74, 6) is 0.256. The summed E-state index contributed by atoms with van der Waals surface area (Å²) in [7, 11) is 0. The Morgan fingerprint density at radius 1 is 1.40 bits per heavy atom. The van der Waals surface area contributed by atoms with E-state index < -0.39 is 24.7 Å². The number of halogens is 3. The molecule has 0 bridgehead atoms. The molecule has 2 N–H and O–H groups in total. The van der Waals surface area contributed by atoms with Crippen LogP contribution in [0.15, 0.2) is 0 Å². The molecule has 0 aliphatic rings. The molecule has 1 rings (SSSR count). The van der Waals surface area contributed by atoms with Crippen molar-refractivity contribution >= 4 is 0 Å². The van der Waals surface area contributed by atoms with Crippen molar-refractivity contribution in [3.05, 3.63) is 5.82 Å². The quantitative estimate of drug-likeness (QED) is 0.836. The lowest BCUT2D eigenvalue weighted by molar-refractivity contribution is -0.142. The second kappa shape index (κ2) is 4.13. The van der Waals surface area contributed by atoms with E-state index in [1.165, 1.54) is 6.92 Å². The Kier molecular flexibility index (Phi) is 3.28. The van der Waals surface area contributed by atoms with Gasteiger partial charge in [0.2, 0.25) is 0 Å². The molecule has 8 heteroatoms. The number of hydrogen-bond acceptors (Lipinski definition) is 4. The number of nitrogens with two attached hydrogens (primary N) is 1. The number of hydrogen-bond donors (Lipinski definition) is 1. The summed E-state index contributed by atoms with van der Waals surface area (Å²) in [6, 6.07) is -1.34. The molecule has 0 fully saturated rings. The summed E-state index contributed by atoms with van der Waals surface area (Å²) in [5, 5.41) is 10.4. The Bertz CT molecular complexity index is 319. The van der Waals surface area contributed by atoms with E-state index in [0.717, 1.165) is 4.68 Å². The van der Waals surface area contributed by atoms with Gasteiger partial charge in [0.05, 0.1) is 18.5 Å². The number of tetrazole rings is 1. The van der Waals surface area contributed by atoms with E-state index >= 15 is 0 Å². The average Bonchev–Trinajstić information content (AvgIpc) is 2.47. The molecule has 0 spiro atoms. The molecule has 1 aromatic heterocycles. The zero-order valence-corrected chi connectivity index (χ0v) is 8.36. The van der Waals surface area contributed by atoms with Crippen LogP contribution in [0.1, 0.15) is 38.2 Å². The maximum Gasteiger partial charge on any atom is 0.391 e. The molecular formula is C7H12F3N5. The first-order valence-corrected chi connectivity index (χ1v) is 4.41. The Morgan fingerprint density at radius 2 is 2.00 bits per heavy atom. The SMILES string of the molecule is CC(N)c1nnnn1C(C)CC(F)(F)F. The number of aromatic nitrogens is 4. The Hall–Kier alpha value is -1.18. The second-order valence-corrected chi connectivity index (χ2v) is 3.44. The van der Waals surface area contributed by atoms with Gasteiger partial charge in [0.15, 0.2) is 5.82 Å². The largest absolute Gasteiger partial charge is 0.391 e. The van der Waals surface area contributed by atoms with E-state index in [2.05, 4.69) is 15.5 Å². The van der Waals surface area contributed by atoms with E-state index in [-0.39, 0.29) is 5.82 Å². The van der Waals surface area contributed by atoms with Crippen molar-refractivity contribution in [2.45, 2.75) is 38.5 Å². The lowest BCUT2D eigenvalue weighted by atomic mass is 10.2. The second-order valence-electron chi connectivity index (χ2n) is 3.44. The van der Waals surface area contributed by atoms with Gasteiger partial charge in [-0.05, 0) is 24.3 Å². The average molecular weight is 223 g/mol. The van der Waals surface area contributed by atoms with Crippen molar-refractivity contribution < 1.29 is 13.2 Å². The first-order chi connectivity index (χ1) is 6.81. The molecule has 0 saturated heterocycles. The Balaban J connectivity index is 2.82. The van der Waals surface area contributed by atoms with E-state index in [4.69, 9.17) is 5.73 Å². The van der Waals surface area contributed by atoms with Gasteiger partial charge in [-0.2, -0.15) is 13.2 Å². The number of nitrogens with zero attached hydrogens (tertiary/aromatic N) is 4. The summed E-state index contributed by atoms with van der Waals surface area (Å²) >= 11 is 0. The van der Waals surface area contributed by atoms with Crippen molar-refractivity contribution in [2.75, 3.05) is 0 Å². The van der Waals surface area contributed by atoms with Crippen LogP contribution in [0.3, 0.4) is 0 Å². The minimum absolute atomic E-state index is 0.256. The van der Waals surface area contributed by atoms with Crippen molar-refractivity contribution in [3.8, 4) is 0 Å². The Labute approximate surface area is 84.4 Å². The van der Waals surface area contributed by atoms with Gasteiger partial charge < -0.3 is 5.73 Å². The van der Waals surface area contributed by atoms with Crippen LogP contribution in [0.25, 0.3) is 0 Å². The van der Waals surface area contributed by atoms with Crippen molar-refractivity contribution in [1.29, 1.82) is 0 Å². The van der Waals surface area contributed by atoms with Gasteiger partial charge in [0.1, 0.15) is 0 Å². The Morgan fingerprint density at radius 3 is 2.47 bits per heavy atom. The fourth-order valence-corrected chi connectivity index (χ4v) is 1.24. The molecule has 15 heavy (non-hydrogen) atoms. The maximum absolute atomic E-state index is 12.1. The molecule has 0 amide bonds. The molecule has 0 saturated carbocycles. The molecule has 86 valence electrons. The summed E-state index contributed by atoms with van der Waals surface area (Å²) in [6.45, 7) is 3.01. The zero-order valence-electron chi connectivity index (χ0n) is 8.36. The van der Waals surface area contributed by atoms with Crippen molar-refractivity contribution in [1.82, 2.24) is 20.2 Å². The molecule has 0 aliphatic heterocycles. The molecule has 5 nitrogen and oxygen atoms in total. The fraction of sp³-hybridized carbons (Fsp3) is 0.857. The first-order valence-electron chi connectivity index (χ1n) is 4.41. The highest BCUT2D eigenvalue weighted by Crippen LogP contribution is 2.27. The standard InChI is InChI=1S/C7H12F3N5/c1-4(3-7(8,9)10)15-6(5(2)11)12-13-14-15/h4-5H,3,11H2,1-2H3. The number of alkyl halides is 3. The third kappa shape index (κ3) is 3.15. The first kappa shape index (κ1) is 11.9. The van der Waals surface area contributed by atoms with Gasteiger partial charge in [0.25, 0.3) is 0 Å². The van der Waals surface area contributed by atoms with E-state index in [0.29, 0.717) is 0 Å². The predicted octanol–water partition coefficient (Wildman–Crippen LogP) is 1.21. The van der Waals surface area contributed by atoms with Crippen molar-refractivity contribution in [2.24, 2.45) is 5.73 Å². The molecular weight excluding hydrogens is 211 g/mol. The van der Waals surface area contributed by atoms with Gasteiger partial charge in [-0.3, -0.25) is 0 Å². The van der Waals surface area contributed by atoms with Crippen LogP contribution in [0.5, 0.6) is 0 Å². The van der Waals surface area contributed by atoms with Crippen LogP contribution in [-0.2, 0) is 0 Å². The normalized spacial score (nSPS) is 16.4. The summed E-state index contributed by atoms with van der Waals surface area (Å²) in [4.78, 5) is 0. The summed E-state index contributed by atoms with van der Waals surface area (Å²) in [5.41, 5.74) is 5.52. The third-order valence-electron chi connectivity index (χ3n) is 1.87. The predicted molar refractivity (Wildman–Crippen MR) is 45.8 cm³/mol. The van der Waals surface area contributed by atoms with Crippen LogP contribution in [0, 0.1) is 0 Å². The smallest absolute Gasteiger partial charge is 0.322 e. The van der Waals surface area contributed by atoms with Gasteiger partial charge >= 0.3 is 6.18 Å². The fourth-order valence-electron chi connectivity index (χ4n) is 1.24. The van der Waals surface area contributed by atoms with Crippen LogP contribution in [0.4, 0.5) is 13.2 Å². The molecule has 2 atom stereocenters. The van der Waals surface area contributed by atoms with Crippen LogP contribution < -0.4 is 5.73 Å². The lowest BCUT2D eigenvalue weighted by Crippen LogP contribution is -2.22. The molecule has 1 aromatic rings. The molecule has 1 heterocycles. The van der Waals surface area contributed by atoms with Crippen molar-refractivity contribution in [3.63, 3.8) is 0 Å². The molecule has 0 radical (unpaired) electrons. The van der Waals surface area contributed by atoms with Crippen LogP contribution in [-0.4, -0.2) is 26.4 Å². The monoisotopic (exact) mass is 223 g/mol. The van der Waals surface area contributed by atoms with Gasteiger partial charge in [-0.1, -0.05) is 0 Å². The van der Waals surface area contributed by atoms with E-state index in [1.807, 2.05) is 0 Å². The molecule has 2 unspecified atom stereocenters. The highest BCUT2D eigenvalue weighted by atomic mass is 19.4. The van der Waals surface area contributed by atoms with Crippen LogP contribution in [0.2, 0.25) is 0 Å². The van der Waals surface area contributed by atoms with Gasteiger partial charge in [-0.15, -0.1) is 5.10 Å². The maximum atomic E-state index is 12.1. The van der Waals surface area contributed by atoms with E-state index in [1.54, 1.807) is 6.92 Å². The van der Waals surface area contributed by atoms with Gasteiger partial charge in [-0.25, -0.2) is 4.68 Å².